The summed E-state index contributed by atoms with van der Waals surface area (Å²) in [5.74, 6) is 0. The molecule has 2 rings (SSSR count). The van der Waals surface area contributed by atoms with Crippen LogP contribution < -0.4 is 15.8 Å². The Balaban J connectivity index is 2.35. The van der Waals surface area contributed by atoms with Crippen LogP contribution in [0.4, 0.5) is 5.69 Å². The maximum atomic E-state index is 11.7. The van der Waals surface area contributed by atoms with E-state index in [1.54, 1.807) is 12.1 Å². The first-order valence-corrected chi connectivity index (χ1v) is 8.17. The first kappa shape index (κ1) is 14.3. The average molecular weight is 283 g/mol. The lowest BCUT2D eigenvalue weighted by atomic mass is 9.91. The minimum Gasteiger partial charge on any atom is -0.367 e. The van der Waals surface area contributed by atoms with Gasteiger partial charge in [0.05, 0.1) is 5.69 Å². The molecule has 0 unspecified atom stereocenters. The molecule has 5 nitrogen and oxygen atoms in total. The van der Waals surface area contributed by atoms with E-state index < -0.39 is 10.0 Å². The molecule has 19 heavy (non-hydrogen) atoms. The largest absolute Gasteiger partial charge is 0.367 e. The van der Waals surface area contributed by atoms with E-state index in [0.717, 1.165) is 25.8 Å². The molecule has 0 atom stereocenters. The van der Waals surface area contributed by atoms with Gasteiger partial charge in [-0.25, -0.2) is 13.6 Å². The molecule has 106 valence electrons. The molecule has 1 saturated carbocycles. The number of nitrogens with two attached hydrogens (primary N) is 2. The highest BCUT2D eigenvalue weighted by atomic mass is 32.2. The predicted molar refractivity (Wildman–Crippen MR) is 76.5 cm³/mol. The van der Waals surface area contributed by atoms with Gasteiger partial charge in [0.2, 0.25) is 10.0 Å². The van der Waals surface area contributed by atoms with Crippen molar-refractivity contribution in [2.45, 2.75) is 36.6 Å². The summed E-state index contributed by atoms with van der Waals surface area (Å²) >= 11 is 0. The van der Waals surface area contributed by atoms with Crippen molar-refractivity contribution in [1.82, 2.24) is 0 Å². The van der Waals surface area contributed by atoms with Crippen molar-refractivity contribution >= 4 is 15.7 Å². The van der Waals surface area contributed by atoms with Gasteiger partial charge in [-0.05, 0) is 44.4 Å². The third kappa shape index (κ3) is 3.26. The van der Waals surface area contributed by atoms with Crippen LogP contribution in [0.1, 0.15) is 25.7 Å². The van der Waals surface area contributed by atoms with Crippen LogP contribution in [0.5, 0.6) is 0 Å². The summed E-state index contributed by atoms with van der Waals surface area (Å²) in [7, 11) is -3.69. The summed E-state index contributed by atoms with van der Waals surface area (Å²) in [4.78, 5) is 2.36. The van der Waals surface area contributed by atoms with E-state index in [1.165, 1.54) is 6.42 Å². The zero-order valence-corrected chi connectivity index (χ0v) is 11.8. The standard InChI is InChI=1S/C13H21N3O2S/c14-9-4-10-16(11-5-3-6-11)12-7-1-2-8-13(12)19(15,17)18/h1-2,7-8,11H,3-6,9-10,14H2,(H2,15,17,18). The van der Waals surface area contributed by atoms with Crippen LogP contribution in [-0.2, 0) is 10.0 Å². The maximum Gasteiger partial charge on any atom is 0.240 e. The first-order valence-electron chi connectivity index (χ1n) is 6.62. The van der Waals surface area contributed by atoms with Gasteiger partial charge in [0, 0.05) is 12.6 Å². The number of para-hydroxylation sites is 1. The molecule has 0 spiro atoms. The molecular formula is C13H21N3O2S. The van der Waals surface area contributed by atoms with Crippen molar-refractivity contribution < 1.29 is 8.42 Å². The molecule has 0 amide bonds. The second-order valence-corrected chi connectivity index (χ2v) is 6.46. The van der Waals surface area contributed by atoms with E-state index in [-0.39, 0.29) is 4.90 Å². The second kappa shape index (κ2) is 5.90. The SMILES string of the molecule is NCCCN(c1ccccc1S(N)(=O)=O)C1CCC1. The van der Waals surface area contributed by atoms with E-state index in [2.05, 4.69) is 4.90 Å². The normalized spacial score (nSPS) is 16.1. The highest BCUT2D eigenvalue weighted by Crippen LogP contribution is 2.33. The Morgan fingerprint density at radius 2 is 1.95 bits per heavy atom. The molecule has 0 aromatic heterocycles. The van der Waals surface area contributed by atoms with Crippen molar-refractivity contribution in [1.29, 1.82) is 0 Å². The van der Waals surface area contributed by atoms with Gasteiger partial charge in [-0.3, -0.25) is 0 Å². The molecular weight excluding hydrogens is 262 g/mol. The van der Waals surface area contributed by atoms with Crippen LogP contribution in [0.25, 0.3) is 0 Å². The molecule has 0 radical (unpaired) electrons. The smallest absolute Gasteiger partial charge is 0.240 e. The fraction of sp³-hybridized carbons (Fsp3) is 0.538. The van der Waals surface area contributed by atoms with E-state index in [1.807, 2.05) is 12.1 Å². The number of rotatable bonds is 6. The van der Waals surface area contributed by atoms with E-state index in [4.69, 9.17) is 10.9 Å². The second-order valence-electron chi connectivity index (χ2n) is 4.93. The van der Waals surface area contributed by atoms with Gasteiger partial charge in [0.25, 0.3) is 0 Å². The molecule has 6 heteroatoms. The summed E-state index contributed by atoms with van der Waals surface area (Å²) in [5, 5.41) is 5.30. The molecule has 0 aliphatic heterocycles. The minimum absolute atomic E-state index is 0.207. The summed E-state index contributed by atoms with van der Waals surface area (Å²) in [6.07, 6.45) is 4.24. The van der Waals surface area contributed by atoms with Gasteiger partial charge in [-0.15, -0.1) is 0 Å². The zero-order chi connectivity index (χ0) is 13.9. The molecule has 1 aliphatic carbocycles. The Labute approximate surface area is 114 Å². The van der Waals surface area contributed by atoms with Gasteiger partial charge in [-0.1, -0.05) is 12.1 Å². The van der Waals surface area contributed by atoms with Crippen LogP contribution in [0, 0.1) is 0 Å². The Morgan fingerprint density at radius 1 is 1.26 bits per heavy atom. The summed E-state index contributed by atoms with van der Waals surface area (Å²) in [6.45, 7) is 1.37. The van der Waals surface area contributed by atoms with E-state index >= 15 is 0 Å². The molecule has 1 aromatic carbocycles. The molecule has 1 aliphatic rings. The molecule has 0 heterocycles. The lowest BCUT2D eigenvalue weighted by Gasteiger charge is -2.40. The molecule has 1 fully saturated rings. The number of primary sulfonamides is 1. The highest BCUT2D eigenvalue weighted by Gasteiger charge is 2.28. The Bertz CT molecular complexity index is 526. The fourth-order valence-electron chi connectivity index (χ4n) is 2.39. The number of benzene rings is 1. The molecule has 1 aromatic rings. The van der Waals surface area contributed by atoms with Gasteiger partial charge < -0.3 is 10.6 Å². The van der Waals surface area contributed by atoms with Gasteiger partial charge in [-0.2, -0.15) is 0 Å². The van der Waals surface area contributed by atoms with Crippen LogP contribution in [0.3, 0.4) is 0 Å². The maximum absolute atomic E-state index is 11.7. The minimum atomic E-state index is -3.69. The number of hydrogen-bond acceptors (Lipinski definition) is 4. The lowest BCUT2D eigenvalue weighted by Crippen LogP contribution is -2.42. The van der Waals surface area contributed by atoms with Crippen molar-refractivity contribution in [2.24, 2.45) is 10.9 Å². The summed E-state index contributed by atoms with van der Waals surface area (Å²) in [5.41, 5.74) is 6.28. The number of nitrogens with zero attached hydrogens (tertiary/aromatic N) is 1. The predicted octanol–water partition coefficient (Wildman–Crippen LogP) is 1.04. The Kier molecular flexibility index (Phi) is 4.44. The fourth-order valence-corrected chi connectivity index (χ4v) is 3.14. The summed E-state index contributed by atoms with van der Waals surface area (Å²) < 4.78 is 23.4. The number of hydrogen-bond donors (Lipinski definition) is 2. The molecule has 0 bridgehead atoms. The van der Waals surface area contributed by atoms with E-state index in [9.17, 15) is 8.42 Å². The number of sulfonamides is 1. The Morgan fingerprint density at radius 3 is 2.47 bits per heavy atom. The zero-order valence-electron chi connectivity index (χ0n) is 11.0. The third-order valence-corrected chi connectivity index (χ3v) is 4.56. The van der Waals surface area contributed by atoms with E-state index in [0.29, 0.717) is 18.3 Å². The quantitative estimate of drug-likeness (QED) is 0.816. The van der Waals surface area contributed by atoms with Crippen molar-refractivity contribution in [2.75, 3.05) is 18.0 Å². The van der Waals surface area contributed by atoms with Gasteiger partial charge in [0.15, 0.2) is 0 Å². The van der Waals surface area contributed by atoms with Gasteiger partial charge >= 0.3 is 0 Å². The van der Waals surface area contributed by atoms with Crippen LogP contribution in [-0.4, -0.2) is 27.5 Å². The van der Waals surface area contributed by atoms with Crippen molar-refractivity contribution in [3.8, 4) is 0 Å². The topological polar surface area (TPSA) is 89.4 Å². The first-order chi connectivity index (χ1) is 9.04. The van der Waals surface area contributed by atoms with Crippen molar-refractivity contribution in [3.05, 3.63) is 24.3 Å². The average Bonchev–Trinajstić information content (AvgIpc) is 2.31. The monoisotopic (exact) mass is 283 g/mol. The Hall–Kier alpha value is -1.11. The molecule has 0 saturated heterocycles. The highest BCUT2D eigenvalue weighted by molar-refractivity contribution is 7.89. The molecule has 4 N–H and O–H groups in total. The number of anilines is 1. The van der Waals surface area contributed by atoms with Crippen molar-refractivity contribution in [3.63, 3.8) is 0 Å². The van der Waals surface area contributed by atoms with Crippen LogP contribution in [0.2, 0.25) is 0 Å². The van der Waals surface area contributed by atoms with Gasteiger partial charge in [0.1, 0.15) is 4.90 Å². The summed E-state index contributed by atoms with van der Waals surface area (Å²) in [6, 6.07) is 7.35. The third-order valence-electron chi connectivity index (χ3n) is 3.60. The van der Waals surface area contributed by atoms with Crippen LogP contribution in [0.15, 0.2) is 29.2 Å². The van der Waals surface area contributed by atoms with Crippen LogP contribution >= 0.6 is 0 Å². The lowest BCUT2D eigenvalue weighted by molar-refractivity contribution is 0.383.